The maximum absolute atomic E-state index is 12.2. The third-order valence-corrected chi connectivity index (χ3v) is 4.44. The fourth-order valence-corrected chi connectivity index (χ4v) is 3.16. The number of phenols is 1. The molecule has 2 aromatic rings. The minimum atomic E-state index is -0.216. The molecule has 1 aliphatic rings. The maximum atomic E-state index is 12.2. The van der Waals surface area contributed by atoms with Crippen LogP contribution in [-0.2, 0) is 4.79 Å². The lowest BCUT2D eigenvalue weighted by Crippen LogP contribution is -2.19. The summed E-state index contributed by atoms with van der Waals surface area (Å²) in [6, 6.07) is 12.2. The molecule has 7 heteroatoms. The number of aliphatic imine (C=N–C) groups is 1. The van der Waals surface area contributed by atoms with Gasteiger partial charge < -0.3 is 19.9 Å². The highest BCUT2D eigenvalue weighted by atomic mass is 32.2. The summed E-state index contributed by atoms with van der Waals surface area (Å²) < 4.78 is 10.5. The normalized spacial score (nSPS) is 16.8. The van der Waals surface area contributed by atoms with Gasteiger partial charge in [-0.05, 0) is 66.7 Å². The Bertz CT molecular complexity index is 876. The van der Waals surface area contributed by atoms with Crippen LogP contribution in [0.5, 0.6) is 17.2 Å². The first-order valence-electron chi connectivity index (χ1n) is 7.98. The Balaban J connectivity index is 1.77. The van der Waals surface area contributed by atoms with Crippen LogP contribution in [0.1, 0.15) is 12.5 Å². The molecule has 1 fully saturated rings. The third kappa shape index (κ3) is 4.18. The van der Waals surface area contributed by atoms with Gasteiger partial charge in [0.05, 0.1) is 24.3 Å². The Morgan fingerprint density at radius 1 is 1.23 bits per heavy atom. The molecule has 0 aromatic heterocycles. The van der Waals surface area contributed by atoms with Crippen molar-refractivity contribution in [2.24, 2.45) is 4.99 Å². The number of nitrogens with zero attached hydrogens (tertiary/aromatic N) is 1. The van der Waals surface area contributed by atoms with Gasteiger partial charge in [-0.2, -0.15) is 0 Å². The minimum Gasteiger partial charge on any atom is -0.504 e. The molecular weight excluding hydrogens is 352 g/mol. The molecule has 2 N–H and O–H groups in total. The summed E-state index contributed by atoms with van der Waals surface area (Å²) in [7, 11) is 1.48. The van der Waals surface area contributed by atoms with E-state index in [1.807, 2.05) is 31.2 Å². The van der Waals surface area contributed by atoms with Crippen molar-refractivity contribution in [2.45, 2.75) is 6.92 Å². The number of amides is 1. The largest absolute Gasteiger partial charge is 0.504 e. The van der Waals surface area contributed by atoms with Gasteiger partial charge in [0, 0.05) is 0 Å². The van der Waals surface area contributed by atoms with Gasteiger partial charge in [-0.15, -0.1) is 0 Å². The van der Waals surface area contributed by atoms with E-state index in [2.05, 4.69) is 10.3 Å². The molecule has 0 saturated carbocycles. The Labute approximate surface area is 155 Å². The van der Waals surface area contributed by atoms with Crippen LogP contribution in [-0.4, -0.2) is 29.9 Å². The number of rotatable bonds is 5. The molecule has 26 heavy (non-hydrogen) atoms. The molecule has 0 aliphatic carbocycles. The molecule has 3 rings (SSSR count). The van der Waals surface area contributed by atoms with Gasteiger partial charge in [0.25, 0.3) is 5.91 Å². The predicted molar refractivity (Wildman–Crippen MR) is 103 cm³/mol. The molecule has 0 spiro atoms. The van der Waals surface area contributed by atoms with Gasteiger partial charge in [-0.1, -0.05) is 6.07 Å². The van der Waals surface area contributed by atoms with Crippen molar-refractivity contribution in [1.82, 2.24) is 5.32 Å². The summed E-state index contributed by atoms with van der Waals surface area (Å²) in [4.78, 5) is 17.1. The molecule has 0 atom stereocenters. The average molecular weight is 370 g/mol. The standard InChI is InChI=1S/C19H18N2O4S/c1-3-25-14-7-5-13(6-8-14)20-19-21-18(23)17(26-19)11-12-4-9-15(22)16(10-12)24-2/h4-11,22H,3H2,1-2H3,(H,20,21,23). The van der Waals surface area contributed by atoms with E-state index in [1.165, 1.54) is 24.9 Å². The Kier molecular flexibility index (Phi) is 5.48. The lowest BCUT2D eigenvalue weighted by Gasteiger charge is -2.04. The van der Waals surface area contributed by atoms with Crippen molar-refractivity contribution in [1.29, 1.82) is 0 Å². The Morgan fingerprint density at radius 2 is 2.00 bits per heavy atom. The molecule has 1 heterocycles. The lowest BCUT2D eigenvalue weighted by molar-refractivity contribution is -0.115. The number of carbonyl (C=O) groups is 1. The summed E-state index contributed by atoms with van der Waals surface area (Å²) in [6.45, 7) is 2.53. The minimum absolute atomic E-state index is 0.0518. The van der Waals surface area contributed by atoms with Crippen molar-refractivity contribution in [3.63, 3.8) is 0 Å². The summed E-state index contributed by atoms with van der Waals surface area (Å²) in [5.41, 5.74) is 1.48. The van der Waals surface area contributed by atoms with Crippen LogP contribution in [0.2, 0.25) is 0 Å². The van der Waals surface area contributed by atoms with E-state index >= 15 is 0 Å². The van der Waals surface area contributed by atoms with Gasteiger partial charge in [0.2, 0.25) is 0 Å². The SMILES string of the molecule is CCOc1ccc(N=C2NC(=O)C(=Cc3ccc(O)c(OC)c3)S2)cc1. The van der Waals surface area contributed by atoms with Crippen molar-refractivity contribution in [2.75, 3.05) is 13.7 Å². The second-order valence-electron chi connectivity index (χ2n) is 5.34. The van der Waals surface area contributed by atoms with Crippen LogP contribution in [0.4, 0.5) is 5.69 Å². The second-order valence-corrected chi connectivity index (χ2v) is 6.37. The predicted octanol–water partition coefficient (Wildman–Crippen LogP) is 3.69. The van der Waals surface area contributed by atoms with Crippen LogP contribution in [0.25, 0.3) is 6.08 Å². The molecule has 6 nitrogen and oxygen atoms in total. The topological polar surface area (TPSA) is 80.2 Å². The Morgan fingerprint density at radius 3 is 2.69 bits per heavy atom. The zero-order chi connectivity index (χ0) is 18.5. The number of phenolic OH excluding ortho intramolecular Hbond substituents is 1. The molecule has 1 saturated heterocycles. The number of ether oxygens (including phenoxy) is 2. The number of methoxy groups -OCH3 is 1. The quantitative estimate of drug-likeness (QED) is 0.785. The van der Waals surface area contributed by atoms with Crippen LogP contribution < -0.4 is 14.8 Å². The van der Waals surface area contributed by atoms with E-state index in [0.717, 1.165) is 17.0 Å². The molecule has 1 amide bonds. The van der Waals surface area contributed by atoms with Gasteiger partial charge in [-0.3, -0.25) is 4.79 Å². The highest BCUT2D eigenvalue weighted by Gasteiger charge is 2.23. The lowest BCUT2D eigenvalue weighted by atomic mass is 10.2. The van der Waals surface area contributed by atoms with E-state index < -0.39 is 0 Å². The summed E-state index contributed by atoms with van der Waals surface area (Å²) in [5, 5.41) is 12.9. The summed E-state index contributed by atoms with van der Waals surface area (Å²) in [5.74, 6) is 0.968. The first-order valence-corrected chi connectivity index (χ1v) is 8.80. The van der Waals surface area contributed by atoms with Crippen molar-refractivity contribution in [3.05, 3.63) is 52.9 Å². The summed E-state index contributed by atoms with van der Waals surface area (Å²) in [6.07, 6.45) is 1.72. The monoisotopic (exact) mass is 370 g/mol. The average Bonchev–Trinajstić information content (AvgIpc) is 2.97. The first-order chi connectivity index (χ1) is 12.6. The third-order valence-electron chi connectivity index (χ3n) is 3.53. The van der Waals surface area contributed by atoms with E-state index in [-0.39, 0.29) is 11.7 Å². The number of hydrogen-bond donors (Lipinski definition) is 2. The van der Waals surface area contributed by atoms with Crippen molar-refractivity contribution in [3.8, 4) is 17.2 Å². The van der Waals surface area contributed by atoms with Gasteiger partial charge in [0.15, 0.2) is 16.7 Å². The van der Waals surface area contributed by atoms with E-state index in [4.69, 9.17) is 9.47 Å². The second kappa shape index (κ2) is 7.97. The van der Waals surface area contributed by atoms with Crippen LogP contribution in [0, 0.1) is 0 Å². The van der Waals surface area contributed by atoms with Gasteiger partial charge >= 0.3 is 0 Å². The number of carbonyl (C=O) groups excluding carboxylic acids is 1. The molecule has 1 aliphatic heterocycles. The fourth-order valence-electron chi connectivity index (χ4n) is 2.32. The number of hydrogen-bond acceptors (Lipinski definition) is 6. The number of thioether (sulfide) groups is 1. The van der Waals surface area contributed by atoms with E-state index in [1.54, 1.807) is 18.2 Å². The van der Waals surface area contributed by atoms with Crippen LogP contribution >= 0.6 is 11.8 Å². The molecule has 0 bridgehead atoms. The zero-order valence-corrected chi connectivity index (χ0v) is 15.2. The smallest absolute Gasteiger partial charge is 0.264 e. The summed E-state index contributed by atoms with van der Waals surface area (Å²) >= 11 is 1.26. The van der Waals surface area contributed by atoms with E-state index in [9.17, 15) is 9.90 Å². The maximum Gasteiger partial charge on any atom is 0.264 e. The highest BCUT2D eigenvalue weighted by molar-refractivity contribution is 8.18. The first kappa shape index (κ1) is 17.9. The fraction of sp³-hybridized carbons (Fsp3) is 0.158. The molecular formula is C19H18N2O4S. The van der Waals surface area contributed by atoms with Crippen LogP contribution in [0.3, 0.4) is 0 Å². The Hall–Kier alpha value is -2.93. The van der Waals surface area contributed by atoms with Crippen molar-refractivity contribution < 1.29 is 19.4 Å². The molecule has 134 valence electrons. The highest BCUT2D eigenvalue weighted by Crippen LogP contribution is 2.31. The number of nitrogens with one attached hydrogen (secondary N) is 1. The molecule has 2 aromatic carbocycles. The number of amidine groups is 1. The number of benzene rings is 2. The van der Waals surface area contributed by atoms with Crippen LogP contribution in [0.15, 0.2) is 52.4 Å². The van der Waals surface area contributed by atoms with Gasteiger partial charge in [-0.25, -0.2) is 4.99 Å². The van der Waals surface area contributed by atoms with Crippen molar-refractivity contribution >= 4 is 34.6 Å². The zero-order valence-electron chi connectivity index (χ0n) is 14.4. The van der Waals surface area contributed by atoms with E-state index in [0.29, 0.717) is 22.4 Å². The molecule has 0 radical (unpaired) electrons. The molecule has 0 unspecified atom stereocenters. The van der Waals surface area contributed by atoms with Gasteiger partial charge in [0.1, 0.15) is 5.75 Å². The number of aromatic hydroxyl groups is 1.